The maximum atomic E-state index is 10.7. The zero-order valence-corrected chi connectivity index (χ0v) is 8.50. The summed E-state index contributed by atoms with van der Waals surface area (Å²) < 4.78 is 5.80. The maximum Gasteiger partial charge on any atom is 0.308 e. The van der Waals surface area contributed by atoms with E-state index in [4.69, 9.17) is 9.84 Å². The number of hydrogen-bond donors (Lipinski definition) is 1. The van der Waals surface area contributed by atoms with E-state index in [0.29, 0.717) is 6.61 Å². The third-order valence-corrected chi connectivity index (χ3v) is 3.65. The van der Waals surface area contributed by atoms with Crippen LogP contribution in [0.15, 0.2) is 0 Å². The minimum Gasteiger partial charge on any atom is -0.481 e. The molecule has 1 aliphatic carbocycles. The Balaban J connectivity index is 1.90. The molecule has 1 saturated carbocycles. The monoisotopic (exact) mass is 198 g/mol. The molecule has 1 N–H and O–H groups in total. The van der Waals surface area contributed by atoms with Crippen molar-refractivity contribution in [2.24, 2.45) is 5.92 Å². The van der Waals surface area contributed by atoms with Gasteiger partial charge >= 0.3 is 5.97 Å². The van der Waals surface area contributed by atoms with E-state index in [9.17, 15) is 4.79 Å². The number of carboxylic acid groups (broad SMARTS) is 1. The highest BCUT2D eigenvalue weighted by Crippen LogP contribution is 2.39. The molecule has 3 nitrogen and oxygen atoms in total. The summed E-state index contributed by atoms with van der Waals surface area (Å²) in [5, 5.41) is 8.85. The van der Waals surface area contributed by atoms with Gasteiger partial charge < -0.3 is 9.84 Å². The number of aliphatic carboxylic acids is 1. The van der Waals surface area contributed by atoms with Crippen LogP contribution in [0.4, 0.5) is 0 Å². The van der Waals surface area contributed by atoms with Crippen molar-refractivity contribution in [2.75, 3.05) is 6.61 Å². The Morgan fingerprint density at radius 3 is 2.43 bits per heavy atom. The van der Waals surface area contributed by atoms with Crippen molar-refractivity contribution in [2.45, 2.75) is 50.5 Å². The van der Waals surface area contributed by atoms with Crippen LogP contribution in [0, 0.1) is 5.92 Å². The topological polar surface area (TPSA) is 46.5 Å². The molecule has 0 aromatic heterocycles. The second kappa shape index (κ2) is 3.89. The van der Waals surface area contributed by atoms with Crippen LogP contribution in [-0.4, -0.2) is 23.3 Å². The highest BCUT2D eigenvalue weighted by Gasteiger charge is 2.38. The number of rotatable bonds is 1. The molecule has 2 aliphatic rings. The summed E-state index contributed by atoms with van der Waals surface area (Å²) in [5.74, 6) is -0.960. The molecule has 0 aromatic rings. The van der Waals surface area contributed by atoms with Crippen molar-refractivity contribution in [3.05, 3.63) is 0 Å². The lowest BCUT2D eigenvalue weighted by atomic mass is 9.78. The number of carboxylic acids is 1. The third kappa shape index (κ3) is 1.92. The summed E-state index contributed by atoms with van der Waals surface area (Å²) in [4.78, 5) is 10.7. The van der Waals surface area contributed by atoms with E-state index in [-0.39, 0.29) is 11.5 Å². The van der Waals surface area contributed by atoms with Gasteiger partial charge in [-0.05, 0) is 25.7 Å². The van der Waals surface area contributed by atoms with Crippen LogP contribution in [-0.2, 0) is 9.53 Å². The van der Waals surface area contributed by atoms with Gasteiger partial charge in [-0.2, -0.15) is 0 Å². The summed E-state index contributed by atoms with van der Waals surface area (Å²) in [6.45, 7) is 0.426. The summed E-state index contributed by atoms with van der Waals surface area (Å²) in [6.07, 6.45) is 7.83. The van der Waals surface area contributed by atoms with Crippen molar-refractivity contribution < 1.29 is 14.6 Å². The van der Waals surface area contributed by atoms with Crippen LogP contribution in [0.1, 0.15) is 44.9 Å². The minimum absolute atomic E-state index is 0.0597. The van der Waals surface area contributed by atoms with E-state index in [1.807, 2.05) is 0 Å². The Hall–Kier alpha value is -0.570. The lowest BCUT2D eigenvalue weighted by molar-refractivity contribution is -0.159. The van der Waals surface area contributed by atoms with E-state index >= 15 is 0 Å². The summed E-state index contributed by atoms with van der Waals surface area (Å²) >= 11 is 0. The number of ether oxygens (including phenoxy) is 1. The van der Waals surface area contributed by atoms with Crippen molar-refractivity contribution in [3.63, 3.8) is 0 Å². The molecule has 1 spiro atoms. The Kier molecular flexibility index (Phi) is 2.77. The van der Waals surface area contributed by atoms with Crippen LogP contribution in [0.5, 0.6) is 0 Å². The minimum atomic E-state index is -0.698. The average molecular weight is 198 g/mol. The molecule has 1 atom stereocenters. The first-order valence-corrected chi connectivity index (χ1v) is 5.59. The van der Waals surface area contributed by atoms with Gasteiger partial charge in [0.25, 0.3) is 0 Å². The molecule has 0 amide bonds. The Bertz CT molecular complexity index is 209. The molecule has 0 bridgehead atoms. The average Bonchev–Trinajstić information content (AvgIpc) is 2.19. The zero-order chi connectivity index (χ0) is 10.0. The highest BCUT2D eigenvalue weighted by atomic mass is 16.5. The zero-order valence-electron chi connectivity index (χ0n) is 8.50. The fraction of sp³-hybridized carbons (Fsp3) is 0.909. The van der Waals surface area contributed by atoms with Crippen molar-refractivity contribution in [1.29, 1.82) is 0 Å². The quantitative estimate of drug-likeness (QED) is 0.702. The number of carbonyl (C=O) groups is 1. The molecular formula is C11H18O3. The molecular weight excluding hydrogens is 180 g/mol. The fourth-order valence-corrected chi connectivity index (χ4v) is 2.66. The SMILES string of the molecule is O=C(O)C1CCC2(CCCCC2)OC1. The normalized spacial score (nSPS) is 31.6. The predicted molar refractivity (Wildman–Crippen MR) is 52.1 cm³/mol. The predicted octanol–water partition coefficient (Wildman–Crippen LogP) is 2.20. The van der Waals surface area contributed by atoms with E-state index < -0.39 is 5.97 Å². The van der Waals surface area contributed by atoms with E-state index in [1.165, 1.54) is 19.3 Å². The highest BCUT2D eigenvalue weighted by molar-refractivity contribution is 5.70. The first kappa shape index (κ1) is 9.97. The van der Waals surface area contributed by atoms with E-state index in [1.54, 1.807) is 0 Å². The fourth-order valence-electron chi connectivity index (χ4n) is 2.66. The molecule has 1 unspecified atom stereocenters. The van der Waals surface area contributed by atoms with Crippen LogP contribution in [0.25, 0.3) is 0 Å². The Morgan fingerprint density at radius 1 is 1.21 bits per heavy atom. The van der Waals surface area contributed by atoms with Gasteiger partial charge in [-0.15, -0.1) is 0 Å². The van der Waals surface area contributed by atoms with Crippen LogP contribution < -0.4 is 0 Å². The molecule has 14 heavy (non-hydrogen) atoms. The second-order valence-corrected chi connectivity index (χ2v) is 4.63. The lowest BCUT2D eigenvalue weighted by Crippen LogP contribution is -2.42. The van der Waals surface area contributed by atoms with Gasteiger partial charge in [0.05, 0.1) is 18.1 Å². The van der Waals surface area contributed by atoms with Crippen LogP contribution in [0.3, 0.4) is 0 Å². The first-order valence-electron chi connectivity index (χ1n) is 5.59. The number of hydrogen-bond acceptors (Lipinski definition) is 2. The van der Waals surface area contributed by atoms with E-state index in [0.717, 1.165) is 25.7 Å². The molecule has 1 heterocycles. The molecule has 1 aliphatic heterocycles. The molecule has 1 saturated heterocycles. The van der Waals surface area contributed by atoms with Gasteiger partial charge in [-0.25, -0.2) is 0 Å². The smallest absolute Gasteiger partial charge is 0.308 e. The third-order valence-electron chi connectivity index (χ3n) is 3.65. The lowest BCUT2D eigenvalue weighted by Gasteiger charge is -2.42. The van der Waals surface area contributed by atoms with Gasteiger partial charge in [0.15, 0.2) is 0 Å². The second-order valence-electron chi connectivity index (χ2n) is 4.63. The van der Waals surface area contributed by atoms with E-state index in [2.05, 4.69) is 0 Å². The van der Waals surface area contributed by atoms with Gasteiger partial charge in [-0.1, -0.05) is 19.3 Å². The maximum absolute atomic E-state index is 10.7. The van der Waals surface area contributed by atoms with Gasteiger partial charge in [0.2, 0.25) is 0 Å². The molecule has 0 radical (unpaired) electrons. The van der Waals surface area contributed by atoms with Gasteiger partial charge in [0.1, 0.15) is 0 Å². The van der Waals surface area contributed by atoms with Crippen molar-refractivity contribution in [3.8, 4) is 0 Å². The summed E-state index contributed by atoms with van der Waals surface area (Å²) in [5.41, 5.74) is 0.0597. The molecule has 80 valence electrons. The van der Waals surface area contributed by atoms with Crippen LogP contribution >= 0.6 is 0 Å². The molecule has 0 aromatic carbocycles. The largest absolute Gasteiger partial charge is 0.481 e. The first-order chi connectivity index (χ1) is 6.72. The van der Waals surface area contributed by atoms with Gasteiger partial charge in [-0.3, -0.25) is 4.79 Å². The summed E-state index contributed by atoms with van der Waals surface area (Å²) in [6, 6.07) is 0. The molecule has 2 fully saturated rings. The Labute approximate surface area is 84.4 Å². The van der Waals surface area contributed by atoms with Gasteiger partial charge in [0, 0.05) is 0 Å². The summed E-state index contributed by atoms with van der Waals surface area (Å²) in [7, 11) is 0. The standard InChI is InChI=1S/C11H18O3/c12-10(13)9-4-7-11(14-8-9)5-2-1-3-6-11/h9H,1-8H2,(H,12,13). The van der Waals surface area contributed by atoms with Crippen LogP contribution in [0.2, 0.25) is 0 Å². The van der Waals surface area contributed by atoms with Crippen molar-refractivity contribution in [1.82, 2.24) is 0 Å². The Morgan fingerprint density at radius 2 is 1.93 bits per heavy atom. The van der Waals surface area contributed by atoms with Crippen molar-refractivity contribution >= 4 is 5.97 Å². The molecule has 2 rings (SSSR count). The molecule has 3 heteroatoms.